The molecule has 0 aliphatic carbocycles. The molecule has 0 radical (unpaired) electrons. The van der Waals surface area contributed by atoms with E-state index in [1.165, 1.54) is 7.11 Å². The van der Waals surface area contributed by atoms with Gasteiger partial charge in [-0.25, -0.2) is 4.68 Å². The minimum Gasteiger partial charge on any atom is -0.493 e. The smallest absolute Gasteiger partial charge is 0.308 e. The first-order valence-corrected chi connectivity index (χ1v) is 8.89. The van der Waals surface area contributed by atoms with Gasteiger partial charge in [0.1, 0.15) is 5.75 Å². The number of carbonyl (C=O) groups is 2. The van der Waals surface area contributed by atoms with E-state index in [1.807, 2.05) is 0 Å². The summed E-state index contributed by atoms with van der Waals surface area (Å²) >= 11 is 0. The molecule has 1 amide bonds. The van der Waals surface area contributed by atoms with Gasteiger partial charge in [-0.3, -0.25) is 9.59 Å². The fourth-order valence-electron chi connectivity index (χ4n) is 2.81. The number of carbonyl (C=O) groups excluding carboxylic acids is 2. The van der Waals surface area contributed by atoms with E-state index in [4.69, 9.17) is 4.74 Å². The molecule has 0 saturated carbocycles. The van der Waals surface area contributed by atoms with Gasteiger partial charge < -0.3 is 20.1 Å². The highest BCUT2D eigenvalue weighted by Gasteiger charge is 2.18. The zero-order valence-electron chi connectivity index (χ0n) is 15.6. The summed E-state index contributed by atoms with van der Waals surface area (Å²) in [7, 11) is 1.34. The maximum Gasteiger partial charge on any atom is 0.308 e. The number of piperidine rings is 1. The minimum atomic E-state index is -0.323. The Kier molecular flexibility index (Phi) is 8.21. The van der Waals surface area contributed by atoms with Gasteiger partial charge in [-0.2, -0.15) is 0 Å². The van der Waals surface area contributed by atoms with Gasteiger partial charge in [0.2, 0.25) is 0 Å². The van der Waals surface area contributed by atoms with Gasteiger partial charge in [0, 0.05) is 5.69 Å². The maximum atomic E-state index is 12.4. The van der Waals surface area contributed by atoms with E-state index >= 15 is 0 Å². The van der Waals surface area contributed by atoms with Crippen LogP contribution in [-0.4, -0.2) is 53.7 Å². The summed E-state index contributed by atoms with van der Waals surface area (Å²) in [6.07, 6.45) is 3.82. The lowest BCUT2D eigenvalue weighted by Gasteiger charge is -2.22. The lowest BCUT2D eigenvalue weighted by molar-refractivity contribution is -0.141. The van der Waals surface area contributed by atoms with E-state index in [0.717, 1.165) is 25.9 Å². The second kappa shape index (κ2) is 10.6. The molecule has 0 atom stereocenters. The highest BCUT2D eigenvalue weighted by Crippen LogP contribution is 2.19. The third-order valence-corrected chi connectivity index (χ3v) is 4.34. The van der Waals surface area contributed by atoms with Gasteiger partial charge in [0.15, 0.2) is 5.69 Å². The molecular formula is C18H24ClN5O4. The molecule has 1 saturated heterocycles. The third kappa shape index (κ3) is 5.93. The van der Waals surface area contributed by atoms with Crippen LogP contribution in [0.3, 0.4) is 0 Å². The summed E-state index contributed by atoms with van der Waals surface area (Å²) in [5, 5.41) is 14.2. The van der Waals surface area contributed by atoms with Crippen molar-refractivity contribution >= 4 is 30.0 Å². The Morgan fingerprint density at radius 2 is 1.96 bits per heavy atom. The fourth-order valence-corrected chi connectivity index (χ4v) is 2.81. The molecule has 3 rings (SSSR count). The SMILES string of the molecule is COC(=O)CCOc1ccc(NC(=O)c2cn(C3CCNCC3)nn2)cc1.Cl. The summed E-state index contributed by atoms with van der Waals surface area (Å²) in [5.41, 5.74) is 0.906. The minimum absolute atomic E-state index is 0. The predicted octanol–water partition coefficient (Wildman–Crippen LogP) is 1.82. The Balaban J connectivity index is 0.00000280. The van der Waals surface area contributed by atoms with Crippen molar-refractivity contribution in [1.29, 1.82) is 0 Å². The summed E-state index contributed by atoms with van der Waals surface area (Å²) in [6.45, 7) is 2.12. The third-order valence-electron chi connectivity index (χ3n) is 4.34. The van der Waals surface area contributed by atoms with Crippen molar-refractivity contribution in [2.75, 3.05) is 32.1 Å². The molecule has 9 nitrogen and oxygen atoms in total. The van der Waals surface area contributed by atoms with Crippen LogP contribution in [-0.2, 0) is 9.53 Å². The molecule has 10 heteroatoms. The number of anilines is 1. The lowest BCUT2D eigenvalue weighted by atomic mass is 10.1. The second-order valence-electron chi connectivity index (χ2n) is 6.22. The fraction of sp³-hybridized carbons (Fsp3) is 0.444. The molecule has 2 aromatic rings. The number of methoxy groups -OCH3 is 1. The Bertz CT molecular complexity index is 775. The Labute approximate surface area is 169 Å². The summed E-state index contributed by atoms with van der Waals surface area (Å²) in [4.78, 5) is 23.4. The van der Waals surface area contributed by atoms with Crippen LogP contribution in [0, 0.1) is 0 Å². The summed E-state index contributed by atoms with van der Waals surface area (Å²) in [5.74, 6) is -0.0280. The number of rotatable bonds is 7. The number of nitrogens with zero attached hydrogens (tertiary/aromatic N) is 3. The van der Waals surface area contributed by atoms with E-state index in [-0.39, 0.29) is 49.0 Å². The number of amides is 1. The Morgan fingerprint density at radius 3 is 2.64 bits per heavy atom. The molecule has 2 N–H and O–H groups in total. The molecule has 1 aromatic carbocycles. The van der Waals surface area contributed by atoms with Crippen molar-refractivity contribution in [2.24, 2.45) is 0 Å². The summed E-state index contributed by atoms with van der Waals surface area (Å²) < 4.78 is 11.8. The second-order valence-corrected chi connectivity index (χ2v) is 6.22. The topological polar surface area (TPSA) is 107 Å². The van der Waals surface area contributed by atoms with Crippen LogP contribution < -0.4 is 15.4 Å². The summed E-state index contributed by atoms with van der Waals surface area (Å²) in [6, 6.07) is 7.17. The highest BCUT2D eigenvalue weighted by molar-refractivity contribution is 6.02. The lowest BCUT2D eigenvalue weighted by Crippen LogP contribution is -2.29. The van der Waals surface area contributed by atoms with E-state index in [2.05, 4.69) is 25.7 Å². The number of hydrogen-bond donors (Lipinski definition) is 2. The monoisotopic (exact) mass is 409 g/mol. The van der Waals surface area contributed by atoms with Gasteiger partial charge in [-0.15, -0.1) is 17.5 Å². The largest absolute Gasteiger partial charge is 0.493 e. The number of nitrogens with one attached hydrogen (secondary N) is 2. The molecule has 0 spiro atoms. The molecule has 0 bridgehead atoms. The Morgan fingerprint density at radius 1 is 1.25 bits per heavy atom. The number of halogens is 1. The van der Waals surface area contributed by atoms with Crippen LogP contribution in [0.5, 0.6) is 5.75 Å². The number of aromatic nitrogens is 3. The van der Waals surface area contributed by atoms with Crippen molar-refractivity contribution in [3.63, 3.8) is 0 Å². The number of ether oxygens (including phenoxy) is 2. The van der Waals surface area contributed by atoms with Crippen LogP contribution in [0.4, 0.5) is 5.69 Å². The molecule has 28 heavy (non-hydrogen) atoms. The van der Waals surface area contributed by atoms with Gasteiger partial charge in [0.25, 0.3) is 5.91 Å². The normalized spacial score (nSPS) is 14.0. The zero-order chi connectivity index (χ0) is 19.1. The number of benzene rings is 1. The quantitative estimate of drug-likeness (QED) is 0.671. The average Bonchev–Trinajstić information content (AvgIpc) is 3.20. The van der Waals surface area contributed by atoms with E-state index in [9.17, 15) is 9.59 Å². The first-order valence-electron chi connectivity index (χ1n) is 8.89. The van der Waals surface area contributed by atoms with Crippen LogP contribution >= 0.6 is 12.4 Å². The molecule has 0 unspecified atom stereocenters. The standard InChI is InChI=1S/C18H23N5O4.ClH/c1-26-17(24)8-11-27-15-4-2-13(3-5-15)20-18(25)16-12-23(22-21-16)14-6-9-19-10-7-14;/h2-5,12,14,19H,6-11H2,1H3,(H,20,25);1H. The highest BCUT2D eigenvalue weighted by atomic mass is 35.5. The van der Waals surface area contributed by atoms with Crippen molar-refractivity contribution in [1.82, 2.24) is 20.3 Å². The van der Waals surface area contributed by atoms with Crippen LogP contribution in [0.1, 0.15) is 35.8 Å². The van der Waals surface area contributed by atoms with Gasteiger partial charge in [-0.05, 0) is 50.2 Å². The molecular weight excluding hydrogens is 386 g/mol. The van der Waals surface area contributed by atoms with Crippen molar-refractivity contribution in [3.05, 3.63) is 36.2 Å². The zero-order valence-corrected chi connectivity index (χ0v) is 16.4. The van der Waals surface area contributed by atoms with E-state index in [0.29, 0.717) is 11.4 Å². The van der Waals surface area contributed by atoms with E-state index < -0.39 is 0 Å². The first-order chi connectivity index (χ1) is 13.2. The van der Waals surface area contributed by atoms with Gasteiger partial charge >= 0.3 is 5.97 Å². The predicted molar refractivity (Wildman–Crippen MR) is 105 cm³/mol. The molecule has 1 aliphatic rings. The molecule has 2 heterocycles. The molecule has 1 aliphatic heterocycles. The van der Waals surface area contributed by atoms with Crippen LogP contribution in [0.2, 0.25) is 0 Å². The molecule has 1 aromatic heterocycles. The molecule has 1 fully saturated rings. The first kappa shape index (κ1) is 21.6. The Hall–Kier alpha value is -2.65. The van der Waals surface area contributed by atoms with Crippen LogP contribution in [0.15, 0.2) is 30.5 Å². The van der Waals surface area contributed by atoms with Gasteiger partial charge in [-0.1, -0.05) is 5.21 Å². The van der Waals surface area contributed by atoms with Crippen molar-refractivity contribution in [3.8, 4) is 5.75 Å². The maximum absolute atomic E-state index is 12.4. The average molecular weight is 410 g/mol. The number of hydrogen-bond acceptors (Lipinski definition) is 7. The molecule has 152 valence electrons. The van der Waals surface area contributed by atoms with E-state index in [1.54, 1.807) is 35.1 Å². The van der Waals surface area contributed by atoms with Gasteiger partial charge in [0.05, 0.1) is 32.4 Å². The van der Waals surface area contributed by atoms with Crippen molar-refractivity contribution in [2.45, 2.75) is 25.3 Å². The van der Waals surface area contributed by atoms with Crippen molar-refractivity contribution < 1.29 is 19.1 Å². The van der Waals surface area contributed by atoms with Crippen LogP contribution in [0.25, 0.3) is 0 Å². The number of esters is 1.